The van der Waals surface area contributed by atoms with Gasteiger partial charge in [-0.1, -0.05) is 24.3 Å². The average molecular weight is 233 g/mol. The van der Waals surface area contributed by atoms with Gasteiger partial charge in [-0.05, 0) is 24.8 Å². The molecule has 1 aromatic carbocycles. The largest absolute Gasteiger partial charge is 0.378 e. The fraction of sp³-hybridized carbons (Fsp3) is 0.500. The Bertz CT molecular complexity index is 366. The molecular weight excluding hydrogens is 214 g/mol. The van der Waals surface area contributed by atoms with Crippen molar-refractivity contribution in [2.75, 3.05) is 6.61 Å². The smallest absolute Gasteiger partial charge is 0.162 e. The summed E-state index contributed by atoms with van der Waals surface area (Å²) in [6, 6.07) is 7.55. The Hall–Kier alpha value is -1.19. The van der Waals surface area contributed by atoms with E-state index in [-0.39, 0.29) is 5.78 Å². The molecule has 2 N–H and O–H groups in total. The topological polar surface area (TPSA) is 52.3 Å². The van der Waals surface area contributed by atoms with E-state index in [1.807, 2.05) is 24.3 Å². The van der Waals surface area contributed by atoms with Gasteiger partial charge in [0.05, 0.1) is 6.10 Å². The van der Waals surface area contributed by atoms with Gasteiger partial charge in [0, 0.05) is 25.1 Å². The second-order valence-electron chi connectivity index (χ2n) is 4.50. The van der Waals surface area contributed by atoms with Crippen molar-refractivity contribution in [1.82, 2.24) is 0 Å². The maximum Gasteiger partial charge on any atom is 0.162 e. The number of benzene rings is 1. The second kappa shape index (κ2) is 5.94. The number of rotatable bonds is 5. The van der Waals surface area contributed by atoms with E-state index in [2.05, 4.69) is 0 Å². The molecule has 1 fully saturated rings. The van der Waals surface area contributed by atoms with Crippen LogP contribution in [-0.2, 0) is 11.3 Å². The predicted octanol–water partition coefficient (Wildman–Crippen LogP) is 2.29. The predicted molar refractivity (Wildman–Crippen MR) is 66.9 cm³/mol. The molecule has 0 aliphatic carbocycles. The highest BCUT2D eigenvalue weighted by molar-refractivity contribution is 5.96. The summed E-state index contributed by atoms with van der Waals surface area (Å²) >= 11 is 0. The van der Waals surface area contributed by atoms with Crippen LogP contribution in [0.5, 0.6) is 0 Å². The highest BCUT2D eigenvalue weighted by Crippen LogP contribution is 2.18. The number of nitrogens with two attached hydrogens (primary N) is 1. The van der Waals surface area contributed by atoms with Crippen molar-refractivity contribution >= 4 is 5.78 Å². The molecule has 3 heteroatoms. The highest BCUT2D eigenvalue weighted by atomic mass is 16.5. The second-order valence-corrected chi connectivity index (χ2v) is 4.50. The molecule has 1 atom stereocenters. The van der Waals surface area contributed by atoms with Gasteiger partial charge in [0.15, 0.2) is 5.78 Å². The third-order valence-corrected chi connectivity index (χ3v) is 3.23. The number of carbonyl (C=O) groups is 1. The molecule has 0 aromatic heterocycles. The first-order valence-corrected chi connectivity index (χ1v) is 6.23. The summed E-state index contributed by atoms with van der Waals surface area (Å²) in [6.07, 6.45) is 3.94. The molecule has 0 amide bonds. The van der Waals surface area contributed by atoms with E-state index in [0.717, 1.165) is 37.0 Å². The first-order chi connectivity index (χ1) is 8.29. The lowest BCUT2D eigenvalue weighted by Crippen LogP contribution is -2.09. The minimum atomic E-state index is 0.198. The summed E-state index contributed by atoms with van der Waals surface area (Å²) in [5.41, 5.74) is 7.35. The van der Waals surface area contributed by atoms with E-state index in [1.165, 1.54) is 0 Å². The number of carbonyl (C=O) groups excluding carboxylic acids is 1. The Morgan fingerprint density at radius 1 is 1.35 bits per heavy atom. The highest BCUT2D eigenvalue weighted by Gasteiger charge is 2.17. The molecule has 0 bridgehead atoms. The summed E-state index contributed by atoms with van der Waals surface area (Å²) in [7, 11) is 0. The molecule has 3 nitrogen and oxygen atoms in total. The lowest BCUT2D eigenvalue weighted by atomic mass is 10.0. The van der Waals surface area contributed by atoms with E-state index >= 15 is 0 Å². The minimum Gasteiger partial charge on any atom is -0.378 e. The van der Waals surface area contributed by atoms with Crippen LogP contribution in [0.3, 0.4) is 0 Å². The van der Waals surface area contributed by atoms with Crippen LogP contribution in [0, 0.1) is 0 Å². The van der Waals surface area contributed by atoms with Crippen molar-refractivity contribution in [3.8, 4) is 0 Å². The zero-order chi connectivity index (χ0) is 12.1. The van der Waals surface area contributed by atoms with E-state index in [4.69, 9.17) is 10.5 Å². The Morgan fingerprint density at radius 3 is 2.71 bits per heavy atom. The van der Waals surface area contributed by atoms with Crippen LogP contribution in [0.4, 0.5) is 0 Å². The molecule has 2 rings (SSSR count). The molecule has 1 aliphatic heterocycles. The molecule has 0 saturated carbocycles. The van der Waals surface area contributed by atoms with Crippen LogP contribution < -0.4 is 5.73 Å². The van der Waals surface area contributed by atoms with E-state index in [1.54, 1.807) is 0 Å². The van der Waals surface area contributed by atoms with Crippen LogP contribution >= 0.6 is 0 Å². The molecule has 1 unspecified atom stereocenters. The Morgan fingerprint density at radius 2 is 2.12 bits per heavy atom. The Kier molecular flexibility index (Phi) is 4.29. The van der Waals surface area contributed by atoms with Gasteiger partial charge in [0.25, 0.3) is 0 Å². The summed E-state index contributed by atoms with van der Waals surface area (Å²) in [5, 5.41) is 0. The average Bonchev–Trinajstić information content (AvgIpc) is 2.89. The Balaban J connectivity index is 1.85. The van der Waals surface area contributed by atoms with Gasteiger partial charge in [-0.25, -0.2) is 0 Å². The third kappa shape index (κ3) is 3.38. The maximum atomic E-state index is 11.9. The fourth-order valence-corrected chi connectivity index (χ4v) is 2.14. The van der Waals surface area contributed by atoms with Crippen molar-refractivity contribution < 1.29 is 9.53 Å². The number of hydrogen-bond acceptors (Lipinski definition) is 3. The molecule has 1 saturated heterocycles. The standard InChI is InChI=1S/C14H19NO2/c15-10-11-3-5-12(6-4-11)14(16)8-7-13-2-1-9-17-13/h3-6,13H,1-2,7-10,15H2. The van der Waals surface area contributed by atoms with Crippen LogP contribution in [0.15, 0.2) is 24.3 Å². The monoisotopic (exact) mass is 233 g/mol. The van der Waals surface area contributed by atoms with Gasteiger partial charge in [-0.2, -0.15) is 0 Å². The number of ether oxygens (including phenoxy) is 1. The van der Waals surface area contributed by atoms with Crippen molar-refractivity contribution in [2.24, 2.45) is 5.73 Å². The van der Waals surface area contributed by atoms with Crippen LogP contribution in [0.25, 0.3) is 0 Å². The van der Waals surface area contributed by atoms with E-state index in [0.29, 0.717) is 19.1 Å². The molecule has 1 aliphatic rings. The lowest BCUT2D eigenvalue weighted by Gasteiger charge is -2.08. The lowest BCUT2D eigenvalue weighted by molar-refractivity contribution is 0.0859. The summed E-state index contributed by atoms with van der Waals surface area (Å²) in [4.78, 5) is 11.9. The molecule has 1 aromatic rings. The van der Waals surface area contributed by atoms with Gasteiger partial charge in [-0.3, -0.25) is 4.79 Å². The zero-order valence-electron chi connectivity index (χ0n) is 10.0. The third-order valence-electron chi connectivity index (χ3n) is 3.23. The normalized spacial score (nSPS) is 19.5. The van der Waals surface area contributed by atoms with Crippen molar-refractivity contribution in [3.05, 3.63) is 35.4 Å². The van der Waals surface area contributed by atoms with Crippen molar-refractivity contribution in [2.45, 2.75) is 38.3 Å². The quantitative estimate of drug-likeness (QED) is 0.794. The van der Waals surface area contributed by atoms with Gasteiger partial charge < -0.3 is 10.5 Å². The van der Waals surface area contributed by atoms with Gasteiger partial charge >= 0.3 is 0 Å². The van der Waals surface area contributed by atoms with E-state index in [9.17, 15) is 4.79 Å². The minimum absolute atomic E-state index is 0.198. The molecule has 92 valence electrons. The number of hydrogen-bond donors (Lipinski definition) is 1. The molecule has 17 heavy (non-hydrogen) atoms. The summed E-state index contributed by atoms with van der Waals surface area (Å²) < 4.78 is 5.51. The van der Waals surface area contributed by atoms with Crippen LogP contribution in [0.1, 0.15) is 41.6 Å². The first kappa shape index (κ1) is 12.3. The Labute approximate surface area is 102 Å². The number of ketones is 1. The van der Waals surface area contributed by atoms with Gasteiger partial charge in [0.2, 0.25) is 0 Å². The maximum absolute atomic E-state index is 11.9. The molecule has 0 spiro atoms. The zero-order valence-corrected chi connectivity index (χ0v) is 10.0. The molecular formula is C14H19NO2. The summed E-state index contributed by atoms with van der Waals surface area (Å²) in [5.74, 6) is 0.198. The van der Waals surface area contributed by atoms with Crippen LogP contribution in [0.2, 0.25) is 0 Å². The summed E-state index contributed by atoms with van der Waals surface area (Å²) in [6.45, 7) is 1.37. The molecule has 1 heterocycles. The fourth-order valence-electron chi connectivity index (χ4n) is 2.14. The van der Waals surface area contributed by atoms with Gasteiger partial charge in [-0.15, -0.1) is 0 Å². The SMILES string of the molecule is NCc1ccc(C(=O)CCC2CCCO2)cc1. The van der Waals surface area contributed by atoms with Crippen LogP contribution in [-0.4, -0.2) is 18.5 Å². The van der Waals surface area contributed by atoms with E-state index < -0.39 is 0 Å². The van der Waals surface area contributed by atoms with Gasteiger partial charge in [0.1, 0.15) is 0 Å². The molecule has 0 radical (unpaired) electrons. The number of Topliss-reactive ketones (excluding diaryl/α,β-unsaturated/α-hetero) is 1. The first-order valence-electron chi connectivity index (χ1n) is 6.23. The van der Waals surface area contributed by atoms with Crippen molar-refractivity contribution in [3.63, 3.8) is 0 Å². The van der Waals surface area contributed by atoms with Crippen molar-refractivity contribution in [1.29, 1.82) is 0 Å².